The van der Waals surface area contributed by atoms with Gasteiger partial charge in [0.15, 0.2) is 0 Å². The molecule has 0 saturated heterocycles. The first-order valence-corrected chi connectivity index (χ1v) is 5.87. The van der Waals surface area contributed by atoms with Crippen molar-refractivity contribution >= 4 is 35.1 Å². The van der Waals surface area contributed by atoms with Gasteiger partial charge in [0.25, 0.3) is 5.91 Å². The summed E-state index contributed by atoms with van der Waals surface area (Å²) in [5, 5.41) is 10.1. The van der Waals surface area contributed by atoms with Crippen molar-refractivity contribution in [1.82, 2.24) is 5.32 Å². The minimum absolute atomic E-state index is 0.0771. The van der Waals surface area contributed by atoms with E-state index in [1.807, 2.05) is 0 Å². The quantitative estimate of drug-likeness (QED) is 0.769. The second-order valence-electron chi connectivity index (χ2n) is 3.74. The number of carboxylic acid groups (broad SMARTS) is 1. The molecule has 1 fully saturated rings. The number of hydrogen-bond donors (Lipinski definition) is 2. The number of amides is 1. The summed E-state index contributed by atoms with van der Waals surface area (Å²) >= 11 is 10.9. The van der Waals surface area contributed by atoms with E-state index in [0.29, 0.717) is 0 Å². The minimum Gasteiger partial charge on any atom is -0.477 e. The summed E-state index contributed by atoms with van der Waals surface area (Å²) in [7, 11) is 0. The molecule has 1 rings (SSSR count). The zero-order chi connectivity index (χ0) is 12.1. The molecule has 0 spiro atoms. The van der Waals surface area contributed by atoms with Crippen molar-refractivity contribution in [3.05, 3.63) is 10.1 Å². The van der Waals surface area contributed by atoms with Gasteiger partial charge in [-0.05, 0) is 12.8 Å². The maximum absolute atomic E-state index is 11.5. The van der Waals surface area contributed by atoms with Gasteiger partial charge in [0.05, 0.1) is 0 Å². The first-order valence-electron chi connectivity index (χ1n) is 5.11. The number of aliphatic carboxylic acids is 1. The summed E-state index contributed by atoms with van der Waals surface area (Å²) in [6.07, 6.45) is 5.12. The Morgan fingerprint density at radius 2 is 1.62 bits per heavy atom. The highest BCUT2D eigenvalue weighted by molar-refractivity contribution is 6.53. The number of halogens is 2. The Morgan fingerprint density at radius 3 is 2.12 bits per heavy atom. The van der Waals surface area contributed by atoms with Crippen LogP contribution in [-0.2, 0) is 9.59 Å². The molecule has 0 radical (unpaired) electrons. The Balaban J connectivity index is 2.57. The fraction of sp³-hybridized carbons (Fsp3) is 0.600. The van der Waals surface area contributed by atoms with Gasteiger partial charge in [-0.15, -0.1) is 0 Å². The number of carbonyl (C=O) groups excluding carboxylic acids is 1. The number of rotatable bonds is 3. The Kier molecular flexibility index (Phi) is 5.09. The highest BCUT2D eigenvalue weighted by Gasteiger charge is 2.21. The van der Waals surface area contributed by atoms with Crippen molar-refractivity contribution in [1.29, 1.82) is 0 Å². The molecule has 0 unspecified atom stereocenters. The molecular formula is C10H13Cl2NO3. The normalized spacial score (nSPS) is 18.9. The average molecular weight is 266 g/mol. The largest absolute Gasteiger partial charge is 0.477 e. The van der Waals surface area contributed by atoms with Gasteiger partial charge in [-0.2, -0.15) is 0 Å². The fourth-order valence-electron chi connectivity index (χ4n) is 1.69. The van der Waals surface area contributed by atoms with E-state index in [9.17, 15) is 9.59 Å². The van der Waals surface area contributed by atoms with E-state index < -0.39 is 21.9 Å². The first kappa shape index (κ1) is 13.3. The van der Waals surface area contributed by atoms with Crippen molar-refractivity contribution in [3.8, 4) is 0 Å². The molecule has 90 valence electrons. The van der Waals surface area contributed by atoms with Crippen LogP contribution in [-0.4, -0.2) is 23.0 Å². The van der Waals surface area contributed by atoms with Crippen LogP contribution >= 0.6 is 23.2 Å². The second kappa shape index (κ2) is 6.11. The topological polar surface area (TPSA) is 66.4 Å². The molecule has 0 aromatic rings. The van der Waals surface area contributed by atoms with Crippen molar-refractivity contribution in [2.45, 2.75) is 38.1 Å². The third-order valence-electron chi connectivity index (χ3n) is 2.52. The molecule has 0 bridgehead atoms. The maximum Gasteiger partial charge on any atom is 0.349 e. The monoisotopic (exact) mass is 265 g/mol. The highest BCUT2D eigenvalue weighted by Crippen LogP contribution is 2.19. The average Bonchev–Trinajstić information content (AvgIpc) is 2.28. The van der Waals surface area contributed by atoms with Gasteiger partial charge in [-0.25, -0.2) is 4.79 Å². The summed E-state index contributed by atoms with van der Waals surface area (Å²) in [6.45, 7) is 0. The molecule has 0 aliphatic heterocycles. The summed E-state index contributed by atoms with van der Waals surface area (Å²) in [5.41, 5.74) is 0. The molecule has 4 nitrogen and oxygen atoms in total. The van der Waals surface area contributed by atoms with Gasteiger partial charge in [0.2, 0.25) is 0 Å². The van der Waals surface area contributed by atoms with Crippen LogP contribution in [0.3, 0.4) is 0 Å². The lowest BCUT2D eigenvalue weighted by atomic mass is 9.95. The van der Waals surface area contributed by atoms with Crippen LogP contribution in [0, 0.1) is 0 Å². The summed E-state index contributed by atoms with van der Waals surface area (Å²) in [4.78, 5) is 22.0. The van der Waals surface area contributed by atoms with Crippen LogP contribution < -0.4 is 5.32 Å². The van der Waals surface area contributed by atoms with Crippen LogP contribution in [0.5, 0.6) is 0 Å². The Bertz CT molecular complexity index is 322. The van der Waals surface area contributed by atoms with Gasteiger partial charge < -0.3 is 10.4 Å². The number of carbonyl (C=O) groups is 2. The Labute approximate surface area is 104 Å². The van der Waals surface area contributed by atoms with Gasteiger partial charge in [0, 0.05) is 6.04 Å². The number of nitrogens with one attached hydrogen (secondary N) is 1. The minimum atomic E-state index is -1.40. The van der Waals surface area contributed by atoms with Crippen LogP contribution in [0.1, 0.15) is 32.1 Å². The summed E-state index contributed by atoms with van der Waals surface area (Å²) in [5.74, 6) is -2.01. The first-order chi connectivity index (χ1) is 7.52. The molecule has 1 aliphatic rings. The standard InChI is InChI=1S/C10H13Cl2NO3/c11-7(8(12)10(15)16)9(14)13-6-4-2-1-3-5-6/h6H,1-5H2,(H,13,14)(H,15,16)/b8-7-. The van der Waals surface area contributed by atoms with Crippen molar-refractivity contribution in [3.63, 3.8) is 0 Å². The van der Waals surface area contributed by atoms with Crippen molar-refractivity contribution in [2.75, 3.05) is 0 Å². The van der Waals surface area contributed by atoms with Gasteiger partial charge >= 0.3 is 5.97 Å². The van der Waals surface area contributed by atoms with Crippen LogP contribution in [0.4, 0.5) is 0 Å². The van der Waals surface area contributed by atoms with Crippen LogP contribution in [0.15, 0.2) is 10.1 Å². The lowest BCUT2D eigenvalue weighted by Gasteiger charge is -2.22. The van der Waals surface area contributed by atoms with E-state index in [0.717, 1.165) is 25.7 Å². The second-order valence-corrected chi connectivity index (χ2v) is 4.50. The van der Waals surface area contributed by atoms with E-state index in [2.05, 4.69) is 5.32 Å². The lowest BCUT2D eigenvalue weighted by Crippen LogP contribution is -2.36. The third-order valence-corrected chi connectivity index (χ3v) is 3.33. The molecule has 2 N–H and O–H groups in total. The summed E-state index contributed by atoms with van der Waals surface area (Å²) < 4.78 is 0. The van der Waals surface area contributed by atoms with E-state index in [1.54, 1.807) is 0 Å². The molecular weight excluding hydrogens is 253 g/mol. The highest BCUT2D eigenvalue weighted by atomic mass is 35.5. The fourth-order valence-corrected chi connectivity index (χ4v) is 1.91. The molecule has 1 aliphatic carbocycles. The zero-order valence-corrected chi connectivity index (χ0v) is 10.1. The Morgan fingerprint density at radius 1 is 1.06 bits per heavy atom. The van der Waals surface area contributed by atoms with Crippen molar-refractivity contribution < 1.29 is 14.7 Å². The molecule has 0 heterocycles. The molecule has 0 aromatic carbocycles. The lowest BCUT2D eigenvalue weighted by molar-refractivity contribution is -0.132. The third kappa shape index (κ3) is 3.68. The van der Waals surface area contributed by atoms with Crippen LogP contribution in [0.2, 0.25) is 0 Å². The molecule has 16 heavy (non-hydrogen) atoms. The predicted octanol–water partition coefficient (Wildman–Crippen LogP) is 2.21. The molecule has 1 saturated carbocycles. The van der Waals surface area contributed by atoms with E-state index >= 15 is 0 Å². The predicted molar refractivity (Wildman–Crippen MR) is 61.4 cm³/mol. The van der Waals surface area contributed by atoms with Gasteiger partial charge in [0.1, 0.15) is 10.1 Å². The zero-order valence-electron chi connectivity index (χ0n) is 8.63. The summed E-state index contributed by atoms with van der Waals surface area (Å²) in [6, 6.07) is 0.0771. The smallest absolute Gasteiger partial charge is 0.349 e. The van der Waals surface area contributed by atoms with Gasteiger partial charge in [-0.3, -0.25) is 4.79 Å². The SMILES string of the molecule is O=C(O)/C(Cl)=C(/Cl)C(=O)NC1CCCCC1. The Hall–Kier alpha value is -0.740. The molecule has 6 heteroatoms. The molecule has 1 amide bonds. The van der Waals surface area contributed by atoms with Crippen LogP contribution in [0.25, 0.3) is 0 Å². The maximum atomic E-state index is 11.5. The molecule has 0 atom stereocenters. The van der Waals surface area contributed by atoms with E-state index in [4.69, 9.17) is 28.3 Å². The van der Waals surface area contributed by atoms with Crippen molar-refractivity contribution in [2.24, 2.45) is 0 Å². The number of carboxylic acids is 1. The number of hydrogen-bond acceptors (Lipinski definition) is 2. The molecule has 0 aromatic heterocycles. The van der Waals surface area contributed by atoms with Gasteiger partial charge in [-0.1, -0.05) is 42.5 Å². The van der Waals surface area contributed by atoms with E-state index in [-0.39, 0.29) is 6.04 Å². The van der Waals surface area contributed by atoms with E-state index in [1.165, 1.54) is 6.42 Å².